The molecular weight excluding hydrogens is 384 g/mol. The molecule has 1 aliphatic rings. The second kappa shape index (κ2) is 8.20. The molecule has 0 radical (unpaired) electrons. The lowest BCUT2D eigenvalue weighted by molar-refractivity contribution is -0.126. The maximum absolute atomic E-state index is 13.0. The summed E-state index contributed by atoms with van der Waals surface area (Å²) >= 11 is 0. The van der Waals surface area contributed by atoms with E-state index < -0.39 is 18.0 Å². The van der Waals surface area contributed by atoms with E-state index in [0.717, 1.165) is 16.2 Å². The summed E-state index contributed by atoms with van der Waals surface area (Å²) in [6, 6.07) is 18.1. The van der Waals surface area contributed by atoms with Crippen LogP contribution in [-0.2, 0) is 9.53 Å². The van der Waals surface area contributed by atoms with E-state index in [9.17, 15) is 14.4 Å². The van der Waals surface area contributed by atoms with Crippen molar-refractivity contribution in [3.8, 4) is 5.69 Å². The predicted octanol–water partition coefficient (Wildman–Crippen LogP) is 2.63. The van der Waals surface area contributed by atoms with Crippen molar-refractivity contribution in [1.82, 2.24) is 20.0 Å². The summed E-state index contributed by atoms with van der Waals surface area (Å²) in [5.74, 6) is -0.771. The largest absolute Gasteiger partial charge is 0.439 e. The van der Waals surface area contributed by atoms with Gasteiger partial charge in [0, 0.05) is 0 Å². The monoisotopic (exact) mass is 404 g/mol. The minimum atomic E-state index is -0.705. The lowest BCUT2D eigenvalue weighted by atomic mass is 10.1. The average molecular weight is 404 g/mol. The molecule has 0 bridgehead atoms. The smallest absolute Gasteiger partial charge is 0.417 e. The number of ether oxygens (including phenoxy) is 1. The van der Waals surface area contributed by atoms with Gasteiger partial charge in [-0.25, -0.2) is 14.4 Å². The van der Waals surface area contributed by atoms with Crippen LogP contribution in [0.25, 0.3) is 5.69 Å². The highest BCUT2D eigenvalue weighted by molar-refractivity contribution is 5.98. The fraction of sp³-hybridized carbons (Fsp3) is 0.182. The lowest BCUT2D eigenvalue weighted by Gasteiger charge is -2.22. The van der Waals surface area contributed by atoms with Gasteiger partial charge in [0.25, 0.3) is 11.8 Å². The maximum Gasteiger partial charge on any atom is 0.417 e. The van der Waals surface area contributed by atoms with Crippen molar-refractivity contribution in [2.24, 2.45) is 0 Å². The number of nitrogens with zero attached hydrogens (tertiary/aromatic N) is 3. The first-order chi connectivity index (χ1) is 14.5. The third kappa shape index (κ3) is 3.80. The molecule has 1 atom stereocenters. The van der Waals surface area contributed by atoms with Crippen LogP contribution in [0, 0.1) is 6.92 Å². The summed E-state index contributed by atoms with van der Waals surface area (Å²) in [7, 11) is 0. The predicted molar refractivity (Wildman–Crippen MR) is 108 cm³/mol. The first kappa shape index (κ1) is 19.4. The molecule has 3 amide bonds. The molecule has 1 N–H and O–H groups in total. The number of para-hydroxylation sites is 1. The first-order valence-electron chi connectivity index (χ1n) is 9.47. The molecule has 1 saturated heterocycles. The Morgan fingerprint density at radius 1 is 1.10 bits per heavy atom. The molecule has 1 aliphatic heterocycles. The van der Waals surface area contributed by atoms with Crippen LogP contribution in [-0.4, -0.2) is 45.7 Å². The van der Waals surface area contributed by atoms with E-state index in [1.54, 1.807) is 4.68 Å². The number of imide groups is 1. The van der Waals surface area contributed by atoms with Gasteiger partial charge in [-0.15, -0.1) is 0 Å². The van der Waals surface area contributed by atoms with Crippen molar-refractivity contribution in [1.29, 1.82) is 0 Å². The molecule has 2 heterocycles. The zero-order valence-corrected chi connectivity index (χ0v) is 16.3. The summed E-state index contributed by atoms with van der Waals surface area (Å²) in [5, 5.41) is 7.26. The number of amides is 3. The van der Waals surface area contributed by atoms with Gasteiger partial charge >= 0.3 is 6.09 Å². The topological polar surface area (TPSA) is 93.5 Å². The molecule has 0 aliphatic carbocycles. The Bertz CT molecular complexity index is 1060. The molecule has 2 aromatic carbocycles. The SMILES string of the molecule is Cc1c(C(=O)NC(CN2C(=O)COC2=O)c2ccccc2)cnn1-c1ccccc1. The van der Waals surface area contributed by atoms with Gasteiger partial charge in [-0.1, -0.05) is 48.5 Å². The highest BCUT2D eigenvalue weighted by atomic mass is 16.6. The number of hydrogen-bond acceptors (Lipinski definition) is 5. The minimum absolute atomic E-state index is 0.0146. The highest BCUT2D eigenvalue weighted by Gasteiger charge is 2.34. The minimum Gasteiger partial charge on any atom is -0.439 e. The van der Waals surface area contributed by atoms with Gasteiger partial charge in [0.2, 0.25) is 0 Å². The molecule has 30 heavy (non-hydrogen) atoms. The van der Waals surface area contributed by atoms with Crippen molar-refractivity contribution in [2.75, 3.05) is 13.2 Å². The maximum atomic E-state index is 13.0. The van der Waals surface area contributed by atoms with Crippen LogP contribution in [0.1, 0.15) is 27.7 Å². The second-order valence-electron chi connectivity index (χ2n) is 6.89. The van der Waals surface area contributed by atoms with Gasteiger partial charge in [-0.3, -0.25) is 9.59 Å². The number of cyclic esters (lactones) is 1. The van der Waals surface area contributed by atoms with Crippen LogP contribution >= 0.6 is 0 Å². The van der Waals surface area contributed by atoms with Gasteiger partial charge in [0.05, 0.1) is 35.7 Å². The number of carbonyl (C=O) groups is 3. The van der Waals surface area contributed by atoms with E-state index in [0.29, 0.717) is 11.3 Å². The molecule has 1 unspecified atom stereocenters. The van der Waals surface area contributed by atoms with E-state index in [1.807, 2.05) is 67.6 Å². The summed E-state index contributed by atoms with van der Waals surface area (Å²) in [5.41, 5.74) is 2.71. The number of nitrogens with one attached hydrogen (secondary N) is 1. The molecule has 1 aromatic heterocycles. The van der Waals surface area contributed by atoms with Gasteiger partial charge in [0.1, 0.15) is 0 Å². The number of benzene rings is 2. The lowest BCUT2D eigenvalue weighted by Crippen LogP contribution is -2.40. The number of carbonyl (C=O) groups excluding carboxylic acids is 3. The van der Waals surface area contributed by atoms with E-state index >= 15 is 0 Å². The average Bonchev–Trinajstić information content (AvgIpc) is 3.31. The Labute approximate surface area is 173 Å². The second-order valence-corrected chi connectivity index (χ2v) is 6.89. The molecule has 3 aromatic rings. The Morgan fingerprint density at radius 2 is 1.77 bits per heavy atom. The quantitative estimate of drug-likeness (QED) is 0.682. The van der Waals surface area contributed by atoms with Crippen LogP contribution in [0.2, 0.25) is 0 Å². The van der Waals surface area contributed by atoms with Crippen LogP contribution < -0.4 is 5.32 Å². The fourth-order valence-electron chi connectivity index (χ4n) is 3.36. The van der Waals surface area contributed by atoms with E-state index in [4.69, 9.17) is 4.74 Å². The summed E-state index contributed by atoms with van der Waals surface area (Å²) < 4.78 is 6.48. The summed E-state index contributed by atoms with van der Waals surface area (Å²) in [4.78, 5) is 37.9. The number of aromatic nitrogens is 2. The van der Waals surface area contributed by atoms with Crippen LogP contribution in [0.4, 0.5) is 4.79 Å². The van der Waals surface area contributed by atoms with Crippen molar-refractivity contribution in [3.05, 3.63) is 83.7 Å². The van der Waals surface area contributed by atoms with E-state index in [2.05, 4.69) is 10.4 Å². The Balaban J connectivity index is 1.59. The molecule has 0 spiro atoms. The third-order valence-electron chi connectivity index (χ3n) is 4.97. The molecule has 8 nitrogen and oxygen atoms in total. The number of rotatable bonds is 6. The third-order valence-corrected chi connectivity index (χ3v) is 4.97. The van der Waals surface area contributed by atoms with Gasteiger partial charge in [-0.05, 0) is 24.6 Å². The standard InChI is InChI=1S/C22H20N4O4/c1-15-18(12-23-26(15)17-10-6-3-7-11-17)21(28)24-19(16-8-4-2-5-9-16)13-25-20(27)14-30-22(25)29/h2-12,19H,13-14H2,1H3,(H,24,28). The molecule has 4 rings (SSSR count). The molecule has 8 heteroatoms. The normalized spacial score (nSPS) is 14.5. The highest BCUT2D eigenvalue weighted by Crippen LogP contribution is 2.20. The Hall–Kier alpha value is -3.94. The van der Waals surface area contributed by atoms with Crippen molar-refractivity contribution in [3.63, 3.8) is 0 Å². The van der Waals surface area contributed by atoms with Crippen LogP contribution in [0.3, 0.4) is 0 Å². The summed E-state index contributed by atoms with van der Waals surface area (Å²) in [6.45, 7) is 1.52. The fourth-order valence-corrected chi connectivity index (χ4v) is 3.36. The van der Waals surface area contributed by atoms with Crippen molar-refractivity contribution >= 4 is 17.9 Å². The van der Waals surface area contributed by atoms with E-state index in [1.165, 1.54) is 6.20 Å². The molecule has 0 saturated carbocycles. The van der Waals surface area contributed by atoms with E-state index in [-0.39, 0.29) is 19.1 Å². The summed E-state index contributed by atoms with van der Waals surface area (Å²) in [6.07, 6.45) is 0.804. The molecule has 1 fully saturated rings. The van der Waals surface area contributed by atoms with Gasteiger partial charge in [-0.2, -0.15) is 5.10 Å². The zero-order chi connectivity index (χ0) is 21.1. The van der Waals surface area contributed by atoms with Crippen molar-refractivity contribution in [2.45, 2.75) is 13.0 Å². The molecular formula is C22H20N4O4. The Kier molecular flexibility index (Phi) is 5.30. The van der Waals surface area contributed by atoms with Gasteiger partial charge in [0.15, 0.2) is 6.61 Å². The van der Waals surface area contributed by atoms with Gasteiger partial charge < -0.3 is 10.1 Å². The van der Waals surface area contributed by atoms with Crippen LogP contribution in [0.15, 0.2) is 66.9 Å². The zero-order valence-electron chi connectivity index (χ0n) is 16.3. The molecule has 152 valence electrons. The van der Waals surface area contributed by atoms with Crippen molar-refractivity contribution < 1.29 is 19.1 Å². The Morgan fingerprint density at radius 3 is 2.40 bits per heavy atom. The number of hydrogen-bond donors (Lipinski definition) is 1. The first-order valence-corrected chi connectivity index (χ1v) is 9.47. The van der Waals surface area contributed by atoms with Crippen LogP contribution in [0.5, 0.6) is 0 Å².